The Morgan fingerprint density at radius 3 is 2.54 bits per heavy atom. The normalized spacial score (nSPS) is 11.0. The van der Waals surface area contributed by atoms with Crippen molar-refractivity contribution < 1.29 is 18.0 Å². The zero-order valence-electron chi connectivity index (χ0n) is 15.0. The van der Waals surface area contributed by atoms with E-state index in [0.717, 1.165) is 11.5 Å². The van der Waals surface area contributed by atoms with Gasteiger partial charge in [0.15, 0.2) is 0 Å². The van der Waals surface area contributed by atoms with Gasteiger partial charge < -0.3 is 0 Å². The molecule has 0 bridgehead atoms. The summed E-state index contributed by atoms with van der Waals surface area (Å²) in [5, 5.41) is 0.718. The van der Waals surface area contributed by atoms with E-state index in [4.69, 9.17) is 0 Å². The Morgan fingerprint density at radius 2 is 1.79 bits per heavy atom. The Labute approximate surface area is 160 Å². The lowest BCUT2D eigenvalue weighted by Gasteiger charge is -2.20. The number of nitrogens with zero attached hydrogens (tertiary/aromatic N) is 3. The van der Waals surface area contributed by atoms with Gasteiger partial charge in [-0.2, -0.15) is 13.2 Å². The molecule has 2 aromatic carbocycles. The number of alkyl halides is 3. The van der Waals surface area contributed by atoms with E-state index in [0.29, 0.717) is 11.3 Å². The molecule has 0 unspecified atom stereocenters. The molecule has 28 heavy (non-hydrogen) atoms. The smallest absolute Gasteiger partial charge is 0.295 e. The topological polar surface area (TPSA) is 46.1 Å². The average molecular weight is 383 g/mol. The SMILES string of the molecule is CC(=O)N(CCC#Cc1ccccc1C(F)(F)F)c1ncnc2ccccc12. The van der Waals surface area contributed by atoms with Gasteiger partial charge in [0.05, 0.1) is 11.1 Å². The van der Waals surface area contributed by atoms with Gasteiger partial charge in [-0.1, -0.05) is 36.1 Å². The van der Waals surface area contributed by atoms with Crippen molar-refractivity contribution in [3.63, 3.8) is 0 Å². The van der Waals surface area contributed by atoms with E-state index in [2.05, 4.69) is 21.8 Å². The fraction of sp³-hybridized carbons (Fsp3) is 0.190. The molecular weight excluding hydrogens is 367 g/mol. The lowest BCUT2D eigenvalue weighted by molar-refractivity contribution is -0.137. The molecular formula is C21H16F3N3O. The van der Waals surface area contributed by atoms with Crippen molar-refractivity contribution in [2.45, 2.75) is 19.5 Å². The number of anilines is 1. The highest BCUT2D eigenvalue weighted by Crippen LogP contribution is 2.31. The maximum atomic E-state index is 13.0. The number of aromatic nitrogens is 2. The molecule has 0 aliphatic carbocycles. The number of hydrogen-bond acceptors (Lipinski definition) is 3. The average Bonchev–Trinajstić information content (AvgIpc) is 2.67. The quantitative estimate of drug-likeness (QED) is 0.628. The van der Waals surface area contributed by atoms with E-state index in [1.165, 1.54) is 36.4 Å². The summed E-state index contributed by atoms with van der Waals surface area (Å²) in [6.45, 7) is 1.61. The molecule has 1 heterocycles. The first-order valence-electron chi connectivity index (χ1n) is 8.51. The summed E-state index contributed by atoms with van der Waals surface area (Å²) in [4.78, 5) is 21.9. The molecule has 1 aromatic heterocycles. The third-order valence-electron chi connectivity index (χ3n) is 4.07. The Kier molecular flexibility index (Phi) is 5.59. The summed E-state index contributed by atoms with van der Waals surface area (Å²) in [7, 11) is 0. The molecule has 3 aromatic rings. The third-order valence-corrected chi connectivity index (χ3v) is 4.07. The number of benzene rings is 2. The summed E-state index contributed by atoms with van der Waals surface area (Å²) in [6, 6.07) is 12.4. The maximum Gasteiger partial charge on any atom is 0.417 e. The van der Waals surface area contributed by atoms with Crippen LogP contribution in [0.2, 0.25) is 0 Å². The van der Waals surface area contributed by atoms with Crippen molar-refractivity contribution in [3.05, 3.63) is 66.0 Å². The van der Waals surface area contributed by atoms with Gasteiger partial charge in [0.25, 0.3) is 0 Å². The van der Waals surface area contributed by atoms with E-state index in [-0.39, 0.29) is 24.4 Å². The fourth-order valence-corrected chi connectivity index (χ4v) is 2.78. The second kappa shape index (κ2) is 8.09. The highest BCUT2D eigenvalue weighted by atomic mass is 19.4. The molecule has 3 rings (SSSR count). The van der Waals surface area contributed by atoms with Crippen molar-refractivity contribution in [2.24, 2.45) is 0 Å². The molecule has 0 saturated carbocycles. The monoisotopic (exact) mass is 383 g/mol. The molecule has 0 fully saturated rings. The number of carbonyl (C=O) groups excluding carboxylic acids is 1. The van der Waals surface area contributed by atoms with E-state index in [1.54, 1.807) is 0 Å². The van der Waals surface area contributed by atoms with Crippen LogP contribution in [0.3, 0.4) is 0 Å². The van der Waals surface area contributed by atoms with Crippen LogP contribution >= 0.6 is 0 Å². The minimum absolute atomic E-state index is 0.0862. The van der Waals surface area contributed by atoms with Gasteiger partial charge in [0.1, 0.15) is 12.1 Å². The molecule has 0 saturated heterocycles. The van der Waals surface area contributed by atoms with Crippen LogP contribution in [-0.2, 0) is 11.0 Å². The summed E-state index contributed by atoms with van der Waals surface area (Å²) in [6.07, 6.45) is -2.89. The Balaban J connectivity index is 1.82. The second-order valence-corrected chi connectivity index (χ2v) is 5.98. The number of fused-ring (bicyclic) bond motifs is 1. The lowest BCUT2D eigenvalue weighted by Crippen LogP contribution is -2.30. The van der Waals surface area contributed by atoms with Crippen LogP contribution < -0.4 is 4.90 Å². The van der Waals surface area contributed by atoms with Gasteiger partial charge in [0, 0.05) is 30.8 Å². The number of halogens is 3. The van der Waals surface area contributed by atoms with E-state index < -0.39 is 11.7 Å². The van der Waals surface area contributed by atoms with E-state index >= 15 is 0 Å². The van der Waals surface area contributed by atoms with Gasteiger partial charge >= 0.3 is 6.18 Å². The molecule has 7 heteroatoms. The Hall–Kier alpha value is -3.40. The van der Waals surface area contributed by atoms with Gasteiger partial charge in [-0.3, -0.25) is 9.69 Å². The van der Waals surface area contributed by atoms with Crippen LogP contribution in [0.25, 0.3) is 10.9 Å². The first-order valence-corrected chi connectivity index (χ1v) is 8.51. The van der Waals surface area contributed by atoms with Crippen LogP contribution in [0.15, 0.2) is 54.9 Å². The van der Waals surface area contributed by atoms with Gasteiger partial charge in [-0.05, 0) is 24.3 Å². The highest BCUT2D eigenvalue weighted by molar-refractivity contribution is 5.99. The van der Waals surface area contributed by atoms with E-state index in [1.807, 2.05) is 24.3 Å². The van der Waals surface area contributed by atoms with Gasteiger partial charge in [-0.15, -0.1) is 0 Å². The fourth-order valence-electron chi connectivity index (χ4n) is 2.78. The minimum Gasteiger partial charge on any atom is -0.295 e. The summed E-state index contributed by atoms with van der Waals surface area (Å²) in [5.41, 5.74) is -0.159. The van der Waals surface area contributed by atoms with Crippen molar-refractivity contribution in [1.82, 2.24) is 9.97 Å². The minimum atomic E-state index is -4.46. The summed E-state index contributed by atoms with van der Waals surface area (Å²) in [5.74, 6) is 5.51. The van der Waals surface area contributed by atoms with Crippen LogP contribution in [0.1, 0.15) is 24.5 Å². The van der Waals surface area contributed by atoms with E-state index in [9.17, 15) is 18.0 Å². The van der Waals surface area contributed by atoms with Crippen molar-refractivity contribution in [2.75, 3.05) is 11.4 Å². The number of carbonyl (C=O) groups is 1. The molecule has 4 nitrogen and oxygen atoms in total. The van der Waals surface area contributed by atoms with Gasteiger partial charge in [-0.25, -0.2) is 9.97 Å². The number of hydrogen-bond donors (Lipinski definition) is 0. The first-order chi connectivity index (χ1) is 13.4. The summed E-state index contributed by atoms with van der Waals surface area (Å²) < 4.78 is 39.1. The molecule has 0 spiro atoms. The summed E-state index contributed by atoms with van der Waals surface area (Å²) >= 11 is 0. The van der Waals surface area contributed by atoms with Crippen LogP contribution in [-0.4, -0.2) is 22.4 Å². The highest BCUT2D eigenvalue weighted by Gasteiger charge is 2.32. The molecule has 0 aliphatic rings. The van der Waals surface area contributed by atoms with Crippen LogP contribution in [0, 0.1) is 11.8 Å². The predicted molar refractivity (Wildman–Crippen MR) is 101 cm³/mol. The Bertz CT molecular complexity index is 1060. The molecule has 0 atom stereocenters. The zero-order valence-corrected chi connectivity index (χ0v) is 15.0. The molecule has 1 amide bonds. The molecule has 0 radical (unpaired) electrons. The molecule has 142 valence electrons. The number of amides is 1. The number of rotatable bonds is 3. The largest absolute Gasteiger partial charge is 0.417 e. The van der Waals surface area contributed by atoms with Crippen LogP contribution in [0.5, 0.6) is 0 Å². The molecule has 0 N–H and O–H groups in total. The predicted octanol–water partition coefficient (Wildman–Crippen LogP) is 4.44. The second-order valence-electron chi connectivity index (χ2n) is 5.98. The zero-order chi connectivity index (χ0) is 20.1. The van der Waals surface area contributed by atoms with Crippen molar-refractivity contribution in [1.29, 1.82) is 0 Å². The molecule has 0 aliphatic heterocycles. The third kappa shape index (κ3) is 4.29. The number of para-hydroxylation sites is 1. The first kappa shape index (κ1) is 19.4. The van der Waals surface area contributed by atoms with Crippen LogP contribution in [0.4, 0.5) is 19.0 Å². The maximum absolute atomic E-state index is 13.0. The van der Waals surface area contributed by atoms with Gasteiger partial charge in [0.2, 0.25) is 5.91 Å². The van der Waals surface area contributed by atoms with Crippen molar-refractivity contribution in [3.8, 4) is 11.8 Å². The standard InChI is InChI=1S/C21H16F3N3O/c1-15(28)27(20-17-10-3-5-12-19(17)25-14-26-20)13-7-6-9-16-8-2-4-11-18(16)21(22,23)24/h2-5,8,10-12,14H,7,13H2,1H3. The lowest BCUT2D eigenvalue weighted by atomic mass is 10.1. The Morgan fingerprint density at radius 1 is 1.07 bits per heavy atom. The van der Waals surface area contributed by atoms with Crippen molar-refractivity contribution >= 4 is 22.6 Å².